The molecule has 0 aliphatic carbocycles. The molecule has 258 valence electrons. The van der Waals surface area contributed by atoms with E-state index in [4.69, 9.17) is 11.5 Å². The fourth-order valence-electron chi connectivity index (χ4n) is 4.95. The minimum absolute atomic E-state index is 0.00895. The lowest BCUT2D eigenvalue weighted by Crippen LogP contribution is -2.69. The molecule has 17 heteroatoms. The molecule has 0 spiro atoms. The number of hydrogen-bond donors (Lipinski definition) is 8. The molecule has 5 amide bonds. The standard InChI is InChI=1S/C31H38F2N8O7/c32-28(33)31(16-19-10-5-2-6-11-19)29(48)40-20(12-7-13-36-30(34)35)25(45)37-17-23(42)38-22(15-24(43)44)26(46)39-21(27(47)41-31)14-18-8-3-1-4-9-18/h1-6,8-11,20-22,28H,7,12-17H2,(H,37,45)(H,38,42)(H,39,46)(H,40,48)(H,41,47)(H,43,44)(H4,34,35,36)/t20-,21+,22-,31+/m0/s1. The number of guanidine groups is 1. The monoisotopic (exact) mass is 672 g/mol. The summed E-state index contributed by atoms with van der Waals surface area (Å²) in [6, 6.07) is 11.0. The van der Waals surface area contributed by atoms with Gasteiger partial charge in [-0.1, -0.05) is 60.7 Å². The largest absolute Gasteiger partial charge is 0.481 e. The predicted octanol–water partition coefficient (Wildman–Crippen LogP) is -1.30. The molecule has 0 radical (unpaired) electrons. The lowest BCUT2D eigenvalue weighted by molar-refractivity contribution is -0.144. The Morgan fingerprint density at radius 1 is 0.854 bits per heavy atom. The van der Waals surface area contributed by atoms with Crippen molar-refractivity contribution in [3.05, 3.63) is 71.8 Å². The van der Waals surface area contributed by atoms with Gasteiger partial charge in [0.25, 0.3) is 12.3 Å². The first-order chi connectivity index (χ1) is 22.8. The lowest BCUT2D eigenvalue weighted by atomic mass is 9.88. The number of hydrogen-bond acceptors (Lipinski definition) is 7. The number of aliphatic carboxylic acids is 1. The molecule has 2 aromatic rings. The summed E-state index contributed by atoms with van der Waals surface area (Å²) in [6.07, 6.45) is -5.52. The van der Waals surface area contributed by atoms with Gasteiger partial charge in [0.2, 0.25) is 23.6 Å². The number of alkyl halides is 2. The fourth-order valence-corrected chi connectivity index (χ4v) is 4.95. The molecule has 1 heterocycles. The van der Waals surface area contributed by atoms with Crippen LogP contribution in [0.2, 0.25) is 0 Å². The number of carboxylic acids is 1. The third-order valence-electron chi connectivity index (χ3n) is 7.39. The maximum absolute atomic E-state index is 15.3. The average molecular weight is 673 g/mol. The van der Waals surface area contributed by atoms with Crippen molar-refractivity contribution >= 4 is 41.5 Å². The van der Waals surface area contributed by atoms with E-state index in [1.807, 2.05) is 0 Å². The molecule has 4 atom stereocenters. The summed E-state index contributed by atoms with van der Waals surface area (Å²) in [4.78, 5) is 82.5. The summed E-state index contributed by atoms with van der Waals surface area (Å²) in [6.45, 7) is -0.758. The van der Waals surface area contributed by atoms with Crippen LogP contribution in [0.15, 0.2) is 65.7 Å². The molecule has 10 N–H and O–H groups in total. The highest BCUT2D eigenvalue weighted by molar-refractivity contribution is 5.99. The van der Waals surface area contributed by atoms with E-state index in [9.17, 15) is 33.9 Å². The molecule has 0 saturated carbocycles. The summed E-state index contributed by atoms with van der Waals surface area (Å²) in [5.74, 6) is -7.39. The number of nitrogens with two attached hydrogens (primary N) is 2. The smallest absolute Gasteiger partial charge is 0.305 e. The Morgan fingerprint density at radius 3 is 2.06 bits per heavy atom. The van der Waals surface area contributed by atoms with Crippen molar-refractivity contribution in [2.45, 2.75) is 62.2 Å². The van der Waals surface area contributed by atoms with Gasteiger partial charge in [-0.3, -0.25) is 33.8 Å². The van der Waals surface area contributed by atoms with E-state index >= 15 is 8.78 Å². The molecule has 1 aliphatic heterocycles. The molecule has 3 rings (SSSR count). The van der Waals surface area contributed by atoms with Crippen LogP contribution in [-0.2, 0) is 41.6 Å². The molecule has 0 bridgehead atoms. The van der Waals surface area contributed by atoms with E-state index in [1.54, 1.807) is 48.5 Å². The molecule has 1 aliphatic rings. The van der Waals surface area contributed by atoms with Gasteiger partial charge in [0.15, 0.2) is 11.5 Å². The summed E-state index contributed by atoms with van der Waals surface area (Å²) >= 11 is 0. The Balaban J connectivity index is 2.13. The van der Waals surface area contributed by atoms with Crippen LogP contribution in [0, 0.1) is 0 Å². The molecule has 15 nitrogen and oxygen atoms in total. The van der Waals surface area contributed by atoms with Gasteiger partial charge < -0.3 is 43.2 Å². The van der Waals surface area contributed by atoms with Crippen molar-refractivity contribution in [3.63, 3.8) is 0 Å². The zero-order valence-corrected chi connectivity index (χ0v) is 25.8. The Kier molecular flexibility index (Phi) is 13.3. The van der Waals surface area contributed by atoms with Crippen molar-refractivity contribution in [1.29, 1.82) is 0 Å². The number of nitrogens with one attached hydrogen (secondary N) is 5. The van der Waals surface area contributed by atoms with E-state index in [-0.39, 0.29) is 37.3 Å². The first-order valence-corrected chi connectivity index (χ1v) is 14.9. The zero-order chi connectivity index (χ0) is 35.3. The number of carboxylic acid groups (broad SMARTS) is 1. The highest BCUT2D eigenvalue weighted by atomic mass is 19.3. The van der Waals surface area contributed by atoms with Gasteiger partial charge in [-0.05, 0) is 24.0 Å². The lowest BCUT2D eigenvalue weighted by Gasteiger charge is -2.35. The molecule has 0 aromatic heterocycles. The normalized spacial score (nSPS) is 22.6. The van der Waals surface area contributed by atoms with Gasteiger partial charge in [-0.15, -0.1) is 0 Å². The highest BCUT2D eigenvalue weighted by Crippen LogP contribution is 2.24. The minimum atomic E-state index is -3.54. The number of amides is 5. The van der Waals surface area contributed by atoms with Gasteiger partial charge >= 0.3 is 5.97 Å². The topological polar surface area (TPSA) is 247 Å². The van der Waals surface area contributed by atoms with E-state index in [0.29, 0.717) is 5.56 Å². The summed E-state index contributed by atoms with van der Waals surface area (Å²) < 4.78 is 30.6. The van der Waals surface area contributed by atoms with Gasteiger partial charge in [0, 0.05) is 19.4 Å². The van der Waals surface area contributed by atoms with Crippen LogP contribution in [-0.4, -0.2) is 89.8 Å². The van der Waals surface area contributed by atoms with Crippen LogP contribution in [0.4, 0.5) is 8.78 Å². The molecule has 48 heavy (non-hydrogen) atoms. The van der Waals surface area contributed by atoms with Gasteiger partial charge in [0.05, 0.1) is 13.0 Å². The number of carbonyl (C=O) groups is 6. The SMILES string of the molecule is NC(N)=NCCC[C@@H]1NC(=O)[C@@](Cc2ccccc2)(C(F)F)NC(=O)[C@@H](Cc2ccccc2)NC(=O)[C@H](CC(=O)O)NC(=O)CNC1=O. The molecule has 1 saturated heterocycles. The van der Waals surface area contributed by atoms with Crippen LogP contribution in [0.5, 0.6) is 0 Å². The van der Waals surface area contributed by atoms with E-state index in [2.05, 4.69) is 31.6 Å². The molecular formula is C31H38F2N8O7. The Hall–Kier alpha value is -5.61. The predicted molar refractivity (Wildman–Crippen MR) is 168 cm³/mol. The van der Waals surface area contributed by atoms with Crippen LogP contribution in [0.1, 0.15) is 30.4 Å². The number of carbonyl (C=O) groups excluding carboxylic acids is 5. The first-order valence-electron chi connectivity index (χ1n) is 14.9. The molecule has 1 fully saturated rings. The summed E-state index contributed by atoms with van der Waals surface area (Å²) in [5.41, 5.74) is 8.44. The van der Waals surface area contributed by atoms with Crippen molar-refractivity contribution in [3.8, 4) is 0 Å². The number of halogens is 2. The van der Waals surface area contributed by atoms with Crippen LogP contribution < -0.4 is 38.1 Å². The number of aliphatic imine (C=N–C) groups is 1. The second kappa shape index (κ2) is 17.3. The maximum atomic E-state index is 15.3. The summed E-state index contributed by atoms with van der Waals surface area (Å²) in [7, 11) is 0. The van der Waals surface area contributed by atoms with E-state index < -0.39 is 85.0 Å². The first kappa shape index (κ1) is 36.9. The van der Waals surface area contributed by atoms with Crippen molar-refractivity contribution in [2.75, 3.05) is 13.1 Å². The molecule has 2 aromatic carbocycles. The van der Waals surface area contributed by atoms with Gasteiger partial charge in [0.1, 0.15) is 18.1 Å². The van der Waals surface area contributed by atoms with E-state index in [1.165, 1.54) is 12.1 Å². The van der Waals surface area contributed by atoms with Crippen LogP contribution in [0.25, 0.3) is 0 Å². The summed E-state index contributed by atoms with van der Waals surface area (Å²) in [5, 5.41) is 20.7. The third-order valence-corrected chi connectivity index (χ3v) is 7.39. The second-order valence-electron chi connectivity index (χ2n) is 11.1. The molecular weight excluding hydrogens is 634 g/mol. The number of nitrogens with zero attached hydrogens (tertiary/aromatic N) is 1. The Morgan fingerprint density at radius 2 is 1.48 bits per heavy atom. The van der Waals surface area contributed by atoms with E-state index in [0.717, 1.165) is 0 Å². The van der Waals surface area contributed by atoms with Crippen LogP contribution >= 0.6 is 0 Å². The number of rotatable bonds is 11. The Bertz CT molecular complexity index is 1490. The molecule has 0 unspecified atom stereocenters. The highest BCUT2D eigenvalue weighted by Gasteiger charge is 2.50. The van der Waals surface area contributed by atoms with Gasteiger partial charge in [-0.2, -0.15) is 0 Å². The third kappa shape index (κ3) is 10.7. The average Bonchev–Trinajstić information content (AvgIpc) is 3.04. The second-order valence-corrected chi connectivity index (χ2v) is 11.1. The minimum Gasteiger partial charge on any atom is -0.481 e. The fraction of sp³-hybridized carbons (Fsp3) is 0.387. The zero-order valence-electron chi connectivity index (χ0n) is 25.8. The van der Waals surface area contributed by atoms with Crippen molar-refractivity contribution in [2.24, 2.45) is 16.5 Å². The maximum Gasteiger partial charge on any atom is 0.305 e. The number of benzene rings is 2. The van der Waals surface area contributed by atoms with Crippen molar-refractivity contribution < 1.29 is 42.7 Å². The quantitative estimate of drug-likeness (QED) is 0.0802. The van der Waals surface area contributed by atoms with Crippen LogP contribution in [0.3, 0.4) is 0 Å². The van der Waals surface area contributed by atoms with Crippen molar-refractivity contribution in [1.82, 2.24) is 26.6 Å². The van der Waals surface area contributed by atoms with Gasteiger partial charge in [-0.25, -0.2) is 8.78 Å². The Labute approximate surface area is 274 Å².